The van der Waals surface area contributed by atoms with Crippen molar-refractivity contribution in [2.24, 2.45) is 0 Å². The van der Waals surface area contributed by atoms with Crippen molar-refractivity contribution < 1.29 is 27.6 Å². The average molecular weight is 473 g/mol. The number of benzene rings is 2. The Morgan fingerprint density at radius 3 is 2.42 bits per heavy atom. The summed E-state index contributed by atoms with van der Waals surface area (Å²) in [6, 6.07) is 16.0. The molecule has 1 aromatic heterocycles. The van der Waals surface area contributed by atoms with Crippen molar-refractivity contribution in [3.63, 3.8) is 0 Å². The monoisotopic (exact) mass is 472 g/mol. The van der Waals surface area contributed by atoms with Gasteiger partial charge in [-0.05, 0) is 56.2 Å². The van der Waals surface area contributed by atoms with Crippen molar-refractivity contribution in [3.05, 3.63) is 75.5 Å². The van der Waals surface area contributed by atoms with Crippen LogP contribution in [0.4, 0.5) is 18.9 Å². The minimum absolute atomic E-state index is 0.128. The van der Waals surface area contributed by atoms with Gasteiger partial charge in [0.25, 0.3) is 0 Å². The van der Waals surface area contributed by atoms with Gasteiger partial charge in [-0.25, -0.2) is 0 Å². The Morgan fingerprint density at radius 2 is 1.76 bits per heavy atom. The molecule has 4 rings (SSSR count). The SMILES string of the molecule is CC(C)(C)OC(O)=[N+]1CCc2cc(/C=C/c3cc(-c4ccccc4)c(C(F)(F)F)s3)ccc21. The zero-order valence-corrected chi connectivity index (χ0v) is 19.4. The number of aliphatic hydroxyl groups excluding tert-OH is 1. The Kier molecular flexibility index (Phi) is 6.10. The van der Waals surface area contributed by atoms with Gasteiger partial charge < -0.3 is 9.84 Å². The number of aliphatic hydroxyl groups is 1. The molecule has 1 N–H and O–H groups in total. The number of alkyl halides is 3. The molecule has 0 saturated carbocycles. The normalized spacial score (nSPS) is 15.7. The maximum absolute atomic E-state index is 13.6. The van der Waals surface area contributed by atoms with Gasteiger partial charge in [0.15, 0.2) is 6.54 Å². The highest BCUT2D eigenvalue weighted by Crippen LogP contribution is 2.43. The van der Waals surface area contributed by atoms with Crippen molar-refractivity contribution in [1.29, 1.82) is 0 Å². The molecule has 1 aliphatic rings. The number of ether oxygens (including phenoxy) is 1. The van der Waals surface area contributed by atoms with Crippen LogP contribution in [0.3, 0.4) is 0 Å². The molecule has 0 aliphatic carbocycles. The Morgan fingerprint density at radius 1 is 1.03 bits per heavy atom. The van der Waals surface area contributed by atoms with Crippen molar-refractivity contribution in [1.82, 2.24) is 0 Å². The standard InChI is InChI=1S/C26H24F3NO2S/c1-25(2,3)32-24(31)30-14-13-19-15-17(10-12-22(19)30)9-11-20-16-21(18-7-5-4-6-8-18)23(33-20)26(27,28)29/h4-12,15-16H,13-14H2,1-3H3/p+1/b11-9+. The third kappa shape index (κ3) is 5.30. The molecule has 0 fully saturated rings. The fourth-order valence-electron chi connectivity index (χ4n) is 3.77. The van der Waals surface area contributed by atoms with E-state index in [1.807, 2.05) is 45.0 Å². The maximum Gasteiger partial charge on any atom is 0.553 e. The first-order valence-electron chi connectivity index (χ1n) is 10.6. The number of fused-ring (bicyclic) bond motifs is 1. The van der Waals surface area contributed by atoms with E-state index < -0.39 is 16.7 Å². The smallest absolute Gasteiger partial charge is 0.430 e. The zero-order valence-electron chi connectivity index (χ0n) is 18.6. The molecule has 0 unspecified atom stereocenters. The summed E-state index contributed by atoms with van der Waals surface area (Å²) in [4.78, 5) is -0.0596. The van der Waals surface area contributed by atoms with E-state index in [9.17, 15) is 18.3 Å². The van der Waals surface area contributed by atoms with Gasteiger partial charge in [-0.1, -0.05) is 36.4 Å². The highest BCUT2D eigenvalue weighted by Gasteiger charge is 2.36. The Balaban J connectivity index is 1.61. The van der Waals surface area contributed by atoms with E-state index in [0.29, 0.717) is 17.0 Å². The van der Waals surface area contributed by atoms with Gasteiger partial charge in [0.1, 0.15) is 10.5 Å². The summed E-state index contributed by atoms with van der Waals surface area (Å²) in [5.41, 5.74) is 3.04. The van der Waals surface area contributed by atoms with Gasteiger partial charge in [-0.15, -0.1) is 15.9 Å². The highest BCUT2D eigenvalue weighted by atomic mass is 32.1. The minimum Gasteiger partial charge on any atom is -0.430 e. The second kappa shape index (κ2) is 8.71. The number of rotatable bonds is 3. The molecule has 7 heteroatoms. The number of nitrogens with zero attached hydrogens (tertiary/aromatic N) is 1. The lowest BCUT2D eigenvalue weighted by atomic mass is 10.1. The predicted molar refractivity (Wildman–Crippen MR) is 127 cm³/mol. The first-order valence-corrected chi connectivity index (χ1v) is 11.4. The summed E-state index contributed by atoms with van der Waals surface area (Å²) in [7, 11) is 0. The van der Waals surface area contributed by atoms with Crippen LogP contribution in [0.15, 0.2) is 54.6 Å². The molecule has 0 amide bonds. The van der Waals surface area contributed by atoms with Crippen LogP contribution >= 0.6 is 11.3 Å². The quantitative estimate of drug-likeness (QED) is 0.316. The molecule has 1 aliphatic heterocycles. The maximum atomic E-state index is 13.6. The summed E-state index contributed by atoms with van der Waals surface area (Å²) >= 11 is 0.743. The lowest BCUT2D eigenvalue weighted by Crippen LogP contribution is -2.28. The summed E-state index contributed by atoms with van der Waals surface area (Å²) in [5, 5.41) is 10.4. The van der Waals surface area contributed by atoms with E-state index >= 15 is 0 Å². The Bertz CT molecular complexity index is 1220. The van der Waals surface area contributed by atoms with Gasteiger partial charge in [-0.3, -0.25) is 0 Å². The van der Waals surface area contributed by atoms with Gasteiger partial charge >= 0.3 is 12.3 Å². The molecule has 33 heavy (non-hydrogen) atoms. The highest BCUT2D eigenvalue weighted by molar-refractivity contribution is 7.13. The van der Waals surface area contributed by atoms with Gasteiger partial charge in [0, 0.05) is 28.5 Å². The molecule has 0 atom stereocenters. The zero-order chi connectivity index (χ0) is 23.8. The summed E-state index contributed by atoms with van der Waals surface area (Å²) in [5.74, 6) is 0. The molecular formula is C26H25F3NO2S+. The number of hydrogen-bond donors (Lipinski definition) is 1. The van der Waals surface area contributed by atoms with Crippen LogP contribution in [-0.2, 0) is 17.3 Å². The van der Waals surface area contributed by atoms with E-state index in [4.69, 9.17) is 4.74 Å². The lowest BCUT2D eigenvalue weighted by molar-refractivity contribution is -0.453. The largest absolute Gasteiger partial charge is 0.553 e. The van der Waals surface area contributed by atoms with Gasteiger partial charge in [0.05, 0.1) is 0 Å². The van der Waals surface area contributed by atoms with E-state index in [1.165, 1.54) is 0 Å². The summed E-state index contributed by atoms with van der Waals surface area (Å²) in [6.07, 6.45) is -0.265. The van der Waals surface area contributed by atoms with Crippen LogP contribution in [0.25, 0.3) is 23.3 Å². The van der Waals surface area contributed by atoms with E-state index in [1.54, 1.807) is 47.0 Å². The molecule has 0 bridgehead atoms. The van der Waals surface area contributed by atoms with Crippen LogP contribution in [0.5, 0.6) is 0 Å². The molecular weight excluding hydrogens is 447 g/mol. The first-order chi connectivity index (χ1) is 15.5. The molecule has 0 radical (unpaired) electrons. The van der Waals surface area contributed by atoms with E-state index in [-0.39, 0.29) is 11.6 Å². The number of halogens is 3. The molecule has 2 heterocycles. The molecule has 3 aromatic rings. The van der Waals surface area contributed by atoms with Gasteiger partial charge in [-0.2, -0.15) is 13.2 Å². The third-order valence-electron chi connectivity index (χ3n) is 5.16. The molecule has 0 spiro atoms. The van der Waals surface area contributed by atoms with Crippen LogP contribution < -0.4 is 0 Å². The van der Waals surface area contributed by atoms with Crippen LogP contribution in [0.1, 0.15) is 41.7 Å². The number of thiophene rings is 1. The summed E-state index contributed by atoms with van der Waals surface area (Å²) < 4.78 is 48.2. The van der Waals surface area contributed by atoms with E-state index in [2.05, 4.69) is 0 Å². The number of hydrogen-bond acceptors (Lipinski definition) is 2. The molecule has 2 aromatic carbocycles. The topological polar surface area (TPSA) is 32.5 Å². The summed E-state index contributed by atoms with van der Waals surface area (Å²) in [6.45, 7) is 6.20. The average Bonchev–Trinajstić information content (AvgIpc) is 3.36. The fraction of sp³-hybridized carbons (Fsp3) is 0.269. The molecule has 172 valence electrons. The fourth-order valence-corrected chi connectivity index (χ4v) is 4.72. The lowest BCUT2D eigenvalue weighted by Gasteiger charge is -2.16. The Hall–Kier alpha value is -3.06. The predicted octanol–water partition coefficient (Wildman–Crippen LogP) is 7.53. The second-order valence-electron chi connectivity index (χ2n) is 8.88. The minimum atomic E-state index is -4.41. The first kappa shape index (κ1) is 23.1. The van der Waals surface area contributed by atoms with Crippen molar-refractivity contribution in [2.45, 2.75) is 39.0 Å². The third-order valence-corrected chi connectivity index (χ3v) is 6.31. The van der Waals surface area contributed by atoms with Crippen molar-refractivity contribution in [3.8, 4) is 11.1 Å². The second-order valence-corrected chi connectivity index (χ2v) is 9.96. The molecule has 0 saturated heterocycles. The molecule has 3 nitrogen and oxygen atoms in total. The van der Waals surface area contributed by atoms with E-state index in [0.717, 1.165) is 34.6 Å². The van der Waals surface area contributed by atoms with Crippen LogP contribution in [0, 0.1) is 0 Å². The van der Waals surface area contributed by atoms with Crippen molar-refractivity contribution >= 4 is 35.3 Å². The Labute approximate surface area is 195 Å². The van der Waals surface area contributed by atoms with Gasteiger partial charge in [0.2, 0.25) is 5.69 Å². The van der Waals surface area contributed by atoms with Crippen LogP contribution in [-0.4, -0.2) is 27.9 Å². The van der Waals surface area contributed by atoms with Crippen LogP contribution in [0.2, 0.25) is 0 Å². The van der Waals surface area contributed by atoms with Crippen molar-refractivity contribution in [2.75, 3.05) is 6.54 Å².